The van der Waals surface area contributed by atoms with Crippen molar-refractivity contribution in [2.24, 2.45) is 0 Å². The number of likely N-dealkylation sites (tertiary alicyclic amines) is 1. The van der Waals surface area contributed by atoms with E-state index in [1.54, 1.807) is 7.11 Å². The zero-order valence-electron chi connectivity index (χ0n) is 18.3. The number of rotatable bonds is 8. The van der Waals surface area contributed by atoms with E-state index < -0.39 is 0 Å². The largest absolute Gasteiger partial charge is 0.380 e. The first-order chi connectivity index (χ1) is 14.6. The number of benzene rings is 1. The SMILES string of the molecule is COCc1cccc(CNC(=O)CN2CCN(CC(=O)N3CCCCCC3)CC2)c1. The van der Waals surface area contributed by atoms with Gasteiger partial charge in [-0.2, -0.15) is 0 Å². The molecule has 0 atom stereocenters. The molecule has 1 aromatic rings. The fourth-order valence-corrected chi connectivity index (χ4v) is 4.17. The van der Waals surface area contributed by atoms with Gasteiger partial charge in [-0.25, -0.2) is 0 Å². The highest BCUT2D eigenvalue weighted by atomic mass is 16.5. The summed E-state index contributed by atoms with van der Waals surface area (Å²) in [7, 11) is 1.68. The number of hydrogen-bond acceptors (Lipinski definition) is 5. The van der Waals surface area contributed by atoms with E-state index in [0.29, 0.717) is 26.2 Å². The third-order valence-corrected chi connectivity index (χ3v) is 5.94. The molecule has 0 aromatic heterocycles. The Hall–Kier alpha value is -1.96. The second kappa shape index (κ2) is 12.0. The molecule has 0 aliphatic carbocycles. The number of hydrogen-bond donors (Lipinski definition) is 1. The van der Waals surface area contributed by atoms with Gasteiger partial charge < -0.3 is 15.0 Å². The zero-order valence-corrected chi connectivity index (χ0v) is 18.3. The summed E-state index contributed by atoms with van der Waals surface area (Å²) in [4.78, 5) is 31.3. The van der Waals surface area contributed by atoms with E-state index in [0.717, 1.165) is 63.2 Å². The minimum atomic E-state index is 0.0428. The second-order valence-electron chi connectivity index (χ2n) is 8.38. The summed E-state index contributed by atoms with van der Waals surface area (Å²) >= 11 is 0. The Labute approximate surface area is 180 Å². The third-order valence-electron chi connectivity index (χ3n) is 5.94. The van der Waals surface area contributed by atoms with Crippen molar-refractivity contribution < 1.29 is 14.3 Å². The predicted octanol–water partition coefficient (Wildman–Crippen LogP) is 1.47. The van der Waals surface area contributed by atoms with Crippen LogP contribution in [0.3, 0.4) is 0 Å². The van der Waals surface area contributed by atoms with Crippen molar-refractivity contribution >= 4 is 11.8 Å². The summed E-state index contributed by atoms with van der Waals surface area (Å²) in [6.45, 7) is 7.17. The van der Waals surface area contributed by atoms with Crippen LogP contribution in [-0.4, -0.2) is 86.0 Å². The van der Waals surface area contributed by atoms with E-state index >= 15 is 0 Å². The molecular weight excluding hydrogens is 380 g/mol. The molecule has 7 heteroatoms. The van der Waals surface area contributed by atoms with Crippen LogP contribution in [0.4, 0.5) is 0 Å². The maximum atomic E-state index is 12.6. The summed E-state index contributed by atoms with van der Waals surface area (Å²) < 4.78 is 5.16. The summed E-state index contributed by atoms with van der Waals surface area (Å²) in [5.74, 6) is 0.306. The lowest BCUT2D eigenvalue weighted by Crippen LogP contribution is -2.52. The molecule has 2 fully saturated rings. The Morgan fingerprint density at radius 1 is 0.900 bits per heavy atom. The van der Waals surface area contributed by atoms with Gasteiger partial charge in [0.05, 0.1) is 19.7 Å². The standard InChI is InChI=1S/C23H36N4O3/c1-30-19-21-8-6-7-20(15-21)16-24-22(28)17-25-11-13-26(14-12-25)18-23(29)27-9-4-2-3-5-10-27/h6-8,15H,2-5,9-14,16-19H2,1H3,(H,24,28). The lowest BCUT2D eigenvalue weighted by Gasteiger charge is -2.35. The molecule has 0 spiro atoms. The number of piperazine rings is 1. The number of carbonyl (C=O) groups excluding carboxylic acids is 2. The minimum absolute atomic E-state index is 0.0428. The van der Waals surface area contributed by atoms with Crippen LogP contribution in [0, 0.1) is 0 Å². The summed E-state index contributed by atoms with van der Waals surface area (Å²) in [5.41, 5.74) is 2.19. The quantitative estimate of drug-likeness (QED) is 0.695. The molecule has 2 saturated heterocycles. The Morgan fingerprint density at radius 3 is 2.20 bits per heavy atom. The zero-order chi connectivity index (χ0) is 21.2. The molecule has 3 rings (SSSR count). The average Bonchev–Trinajstić information content (AvgIpc) is 3.04. The Kier molecular flexibility index (Phi) is 9.11. The second-order valence-corrected chi connectivity index (χ2v) is 8.38. The highest BCUT2D eigenvalue weighted by Crippen LogP contribution is 2.11. The monoisotopic (exact) mass is 416 g/mol. The number of methoxy groups -OCH3 is 1. The van der Waals surface area contributed by atoms with E-state index in [1.807, 2.05) is 23.1 Å². The van der Waals surface area contributed by atoms with Crippen LogP contribution < -0.4 is 5.32 Å². The van der Waals surface area contributed by atoms with Crippen LogP contribution in [0.25, 0.3) is 0 Å². The fraction of sp³-hybridized carbons (Fsp3) is 0.652. The maximum Gasteiger partial charge on any atom is 0.236 e. The molecule has 1 aromatic carbocycles. The van der Waals surface area contributed by atoms with E-state index in [1.165, 1.54) is 12.8 Å². The van der Waals surface area contributed by atoms with Crippen LogP contribution in [0.5, 0.6) is 0 Å². The van der Waals surface area contributed by atoms with Crippen molar-refractivity contribution in [3.05, 3.63) is 35.4 Å². The lowest BCUT2D eigenvalue weighted by molar-refractivity contribution is -0.133. The van der Waals surface area contributed by atoms with Crippen molar-refractivity contribution in [3.8, 4) is 0 Å². The number of ether oxygens (including phenoxy) is 1. The molecule has 0 saturated carbocycles. The van der Waals surface area contributed by atoms with Crippen LogP contribution >= 0.6 is 0 Å². The molecule has 1 N–H and O–H groups in total. The molecule has 0 radical (unpaired) electrons. The Morgan fingerprint density at radius 2 is 1.53 bits per heavy atom. The van der Waals surface area contributed by atoms with Gasteiger partial charge in [0.1, 0.15) is 0 Å². The van der Waals surface area contributed by atoms with Crippen molar-refractivity contribution in [1.82, 2.24) is 20.0 Å². The fourth-order valence-electron chi connectivity index (χ4n) is 4.17. The molecule has 7 nitrogen and oxygen atoms in total. The minimum Gasteiger partial charge on any atom is -0.380 e. The number of nitrogens with zero attached hydrogens (tertiary/aromatic N) is 3. The molecule has 2 aliphatic heterocycles. The summed E-state index contributed by atoms with van der Waals surface area (Å²) in [5, 5.41) is 3.01. The van der Waals surface area contributed by atoms with Crippen molar-refractivity contribution in [3.63, 3.8) is 0 Å². The van der Waals surface area contributed by atoms with Crippen LogP contribution in [-0.2, 0) is 27.5 Å². The summed E-state index contributed by atoms with van der Waals surface area (Å²) in [6, 6.07) is 8.08. The van der Waals surface area contributed by atoms with E-state index in [4.69, 9.17) is 4.74 Å². The molecule has 2 amide bonds. The van der Waals surface area contributed by atoms with Gasteiger partial charge in [0.25, 0.3) is 0 Å². The topological polar surface area (TPSA) is 65.1 Å². The highest BCUT2D eigenvalue weighted by Gasteiger charge is 2.23. The molecule has 2 heterocycles. The van der Waals surface area contributed by atoms with E-state index in [9.17, 15) is 9.59 Å². The van der Waals surface area contributed by atoms with Gasteiger partial charge in [0, 0.05) is 52.9 Å². The Bertz CT molecular complexity index is 681. The summed E-state index contributed by atoms with van der Waals surface area (Å²) in [6.07, 6.45) is 4.74. The molecule has 2 aliphatic rings. The molecule has 0 unspecified atom stereocenters. The smallest absolute Gasteiger partial charge is 0.236 e. The van der Waals surface area contributed by atoms with Crippen molar-refractivity contribution in [1.29, 1.82) is 0 Å². The van der Waals surface area contributed by atoms with Crippen LogP contribution in [0.1, 0.15) is 36.8 Å². The Balaban J connectivity index is 1.34. The van der Waals surface area contributed by atoms with Crippen LogP contribution in [0.2, 0.25) is 0 Å². The lowest BCUT2D eigenvalue weighted by atomic mass is 10.1. The van der Waals surface area contributed by atoms with Crippen molar-refractivity contribution in [2.45, 2.75) is 38.8 Å². The molecule has 30 heavy (non-hydrogen) atoms. The third kappa shape index (κ3) is 7.38. The van der Waals surface area contributed by atoms with Gasteiger partial charge in [-0.3, -0.25) is 19.4 Å². The van der Waals surface area contributed by atoms with Gasteiger partial charge in [0.15, 0.2) is 0 Å². The van der Waals surface area contributed by atoms with Crippen LogP contribution in [0.15, 0.2) is 24.3 Å². The number of carbonyl (C=O) groups is 2. The van der Waals surface area contributed by atoms with Gasteiger partial charge in [-0.15, -0.1) is 0 Å². The molecular formula is C23H36N4O3. The highest BCUT2D eigenvalue weighted by molar-refractivity contribution is 5.78. The van der Waals surface area contributed by atoms with Gasteiger partial charge in [-0.1, -0.05) is 37.1 Å². The normalized spacial score (nSPS) is 18.8. The van der Waals surface area contributed by atoms with Gasteiger partial charge in [0.2, 0.25) is 11.8 Å². The first kappa shape index (κ1) is 22.7. The first-order valence-corrected chi connectivity index (χ1v) is 11.2. The van der Waals surface area contributed by atoms with Gasteiger partial charge >= 0.3 is 0 Å². The van der Waals surface area contributed by atoms with E-state index in [-0.39, 0.29) is 11.8 Å². The maximum absolute atomic E-state index is 12.6. The average molecular weight is 417 g/mol. The van der Waals surface area contributed by atoms with E-state index in [2.05, 4.69) is 21.2 Å². The number of nitrogens with one attached hydrogen (secondary N) is 1. The first-order valence-electron chi connectivity index (χ1n) is 11.2. The predicted molar refractivity (Wildman–Crippen MR) is 117 cm³/mol. The molecule has 166 valence electrons. The van der Waals surface area contributed by atoms with Gasteiger partial charge in [-0.05, 0) is 24.0 Å². The number of amides is 2. The molecule has 0 bridgehead atoms. The van der Waals surface area contributed by atoms with Crippen molar-refractivity contribution in [2.75, 3.05) is 59.5 Å².